The zero-order valence-corrected chi connectivity index (χ0v) is 17.3. The van der Waals surface area contributed by atoms with Gasteiger partial charge in [-0.15, -0.1) is 0 Å². The molecule has 0 spiro atoms. The molecule has 0 amide bonds. The van der Waals surface area contributed by atoms with E-state index in [9.17, 15) is 23.3 Å². The highest BCUT2D eigenvalue weighted by atomic mass is 35.5. The second kappa shape index (κ2) is 9.18. The van der Waals surface area contributed by atoms with Gasteiger partial charge in [0.15, 0.2) is 5.29 Å². The highest BCUT2D eigenvalue weighted by Gasteiger charge is 2.43. The van der Waals surface area contributed by atoms with Crippen molar-refractivity contribution in [1.29, 1.82) is 0 Å². The number of nitrogens with one attached hydrogen (secondary N) is 2. The molecule has 0 saturated carbocycles. The van der Waals surface area contributed by atoms with Gasteiger partial charge in [-0.25, -0.2) is 4.99 Å². The van der Waals surface area contributed by atoms with Crippen molar-refractivity contribution in [2.75, 3.05) is 26.9 Å². The van der Waals surface area contributed by atoms with Gasteiger partial charge in [0.1, 0.15) is 5.82 Å². The first-order valence-electron chi connectivity index (χ1n) is 9.22. The van der Waals surface area contributed by atoms with Crippen molar-refractivity contribution in [3.8, 4) is 11.5 Å². The summed E-state index contributed by atoms with van der Waals surface area (Å²) in [5.74, 6) is -0.658. The number of alkyl halides is 3. The Morgan fingerprint density at radius 2 is 2.10 bits per heavy atom. The van der Waals surface area contributed by atoms with E-state index in [0.717, 1.165) is 0 Å². The topological polar surface area (TPSA) is 107 Å². The van der Waals surface area contributed by atoms with Crippen LogP contribution in [0.15, 0.2) is 34.6 Å². The predicted octanol–water partition coefficient (Wildman–Crippen LogP) is 2.95. The highest BCUT2D eigenvalue weighted by molar-refractivity contribution is 6.65. The number of halogens is 4. The summed E-state index contributed by atoms with van der Waals surface area (Å²) in [6, 6.07) is 2.65. The van der Waals surface area contributed by atoms with E-state index in [1.807, 2.05) is 0 Å². The van der Waals surface area contributed by atoms with Crippen LogP contribution in [0.2, 0.25) is 0 Å². The molecule has 1 aromatic rings. The molecule has 2 aliphatic rings. The van der Waals surface area contributed by atoms with Crippen LogP contribution in [0.1, 0.15) is 6.92 Å². The monoisotopic (exact) mass is 464 g/mol. The van der Waals surface area contributed by atoms with E-state index >= 15 is 0 Å². The van der Waals surface area contributed by atoms with Crippen LogP contribution in [-0.2, 0) is 4.74 Å². The van der Waals surface area contributed by atoms with Gasteiger partial charge < -0.3 is 24.8 Å². The van der Waals surface area contributed by atoms with Crippen molar-refractivity contribution in [2.45, 2.75) is 25.2 Å². The Balaban J connectivity index is 1.76. The first kappa shape index (κ1) is 22.9. The van der Waals surface area contributed by atoms with Gasteiger partial charge in [-0.05, 0) is 30.7 Å². The molecule has 0 bridgehead atoms. The Bertz CT molecular complexity index is 909. The lowest BCUT2D eigenvalue weighted by atomic mass is 10.0. The van der Waals surface area contributed by atoms with Crippen molar-refractivity contribution in [3.63, 3.8) is 0 Å². The molecule has 3 atom stereocenters. The van der Waals surface area contributed by atoms with Gasteiger partial charge >= 0.3 is 11.9 Å². The number of amidine groups is 1. The molecule has 1 unspecified atom stereocenters. The van der Waals surface area contributed by atoms with Crippen molar-refractivity contribution in [3.05, 3.63) is 39.7 Å². The van der Waals surface area contributed by atoms with Crippen molar-refractivity contribution in [2.24, 2.45) is 10.9 Å². The van der Waals surface area contributed by atoms with Crippen LogP contribution < -0.4 is 20.1 Å². The molecule has 170 valence electrons. The Kier molecular flexibility index (Phi) is 6.80. The first-order valence-corrected chi connectivity index (χ1v) is 9.59. The predicted molar refractivity (Wildman–Crippen MR) is 105 cm³/mol. The number of benzene rings is 1. The van der Waals surface area contributed by atoms with E-state index in [-0.39, 0.29) is 54.0 Å². The van der Waals surface area contributed by atoms with Gasteiger partial charge in [0, 0.05) is 5.92 Å². The first-order chi connectivity index (χ1) is 14.6. The molecule has 1 fully saturated rings. The molecular formula is C18H20ClF3N4O5. The Hall–Kier alpha value is -2.73. The number of nitro benzene ring substituents is 1. The zero-order valence-electron chi connectivity index (χ0n) is 16.5. The minimum atomic E-state index is -4.62. The third kappa shape index (κ3) is 5.13. The second-order valence-corrected chi connectivity index (χ2v) is 7.29. The van der Waals surface area contributed by atoms with E-state index in [4.69, 9.17) is 25.8 Å². The quantitative estimate of drug-likeness (QED) is 0.363. The molecular weight excluding hydrogens is 445 g/mol. The molecule has 9 nitrogen and oxygen atoms in total. The Morgan fingerprint density at radius 3 is 2.74 bits per heavy atom. The van der Waals surface area contributed by atoms with E-state index in [0.29, 0.717) is 0 Å². The number of hydrogen-bond acceptors (Lipinski definition) is 8. The van der Waals surface area contributed by atoms with Gasteiger partial charge in [-0.2, -0.15) is 13.2 Å². The molecule has 2 aliphatic heterocycles. The summed E-state index contributed by atoms with van der Waals surface area (Å²) in [5, 5.41) is 16.4. The molecule has 0 aromatic heterocycles. The van der Waals surface area contributed by atoms with Crippen molar-refractivity contribution >= 4 is 22.6 Å². The number of para-hydroxylation sites is 1. The Morgan fingerprint density at radius 1 is 1.39 bits per heavy atom. The summed E-state index contributed by atoms with van der Waals surface area (Å²) in [6.45, 7) is 1.58. The average Bonchev–Trinajstić information content (AvgIpc) is 3.10. The summed E-state index contributed by atoms with van der Waals surface area (Å²) >= 11 is 5.83. The standard InChI is InChI=1S/C18H20ClF3N4O5/c1-9-14(18(20,21)22)16(25-17(19)23-9)24-11-8-30-6-10(11)7-31-13-5-3-4-12(29-2)15(13)26(27)28/h3-5,9-11,24H,6-8H2,1-2H3,(H,23,25)/t9?,10-,11+/m0/s1. The normalized spacial score (nSPS) is 23.8. The molecule has 2 heterocycles. The maximum atomic E-state index is 13.5. The van der Waals surface area contributed by atoms with E-state index < -0.39 is 28.8 Å². The number of rotatable bonds is 7. The molecule has 3 rings (SSSR count). The number of methoxy groups -OCH3 is 1. The maximum absolute atomic E-state index is 13.5. The summed E-state index contributed by atoms with van der Waals surface area (Å²) < 4.78 is 56.6. The smallest absolute Gasteiger partial charge is 0.418 e. The van der Waals surface area contributed by atoms with Crippen LogP contribution in [0.3, 0.4) is 0 Å². The van der Waals surface area contributed by atoms with Gasteiger partial charge in [0.25, 0.3) is 0 Å². The number of nitrogens with zero attached hydrogens (tertiary/aromatic N) is 2. The lowest BCUT2D eigenvalue weighted by Crippen LogP contribution is -2.47. The lowest BCUT2D eigenvalue weighted by molar-refractivity contribution is -0.386. The minimum Gasteiger partial charge on any atom is -0.490 e. The SMILES string of the molecule is COc1cccc(OC[C@@H]2COC[C@H]2NC2=C(C(F)(F)F)C(C)N=C(Cl)N2)c1[N+](=O)[O-]. The number of aliphatic imine (C=N–C) groups is 1. The molecule has 0 aliphatic carbocycles. The number of ether oxygens (including phenoxy) is 3. The highest BCUT2D eigenvalue weighted by Crippen LogP contribution is 2.37. The molecule has 2 N–H and O–H groups in total. The fourth-order valence-electron chi connectivity index (χ4n) is 3.41. The van der Waals surface area contributed by atoms with E-state index in [1.54, 1.807) is 0 Å². The third-order valence-electron chi connectivity index (χ3n) is 4.87. The molecule has 1 saturated heterocycles. The average molecular weight is 465 g/mol. The third-order valence-corrected chi connectivity index (χ3v) is 5.07. The van der Waals surface area contributed by atoms with Gasteiger partial charge in [0.2, 0.25) is 11.5 Å². The zero-order chi connectivity index (χ0) is 22.8. The molecule has 1 aromatic carbocycles. The van der Waals surface area contributed by atoms with Gasteiger partial charge in [-0.3, -0.25) is 10.1 Å². The van der Waals surface area contributed by atoms with Crippen LogP contribution in [0.25, 0.3) is 0 Å². The van der Waals surface area contributed by atoms with Gasteiger partial charge in [0.05, 0.1) is 49.5 Å². The number of nitro groups is 1. The van der Waals surface area contributed by atoms with Crippen LogP contribution >= 0.6 is 11.6 Å². The number of hydrogen-bond donors (Lipinski definition) is 2. The fourth-order valence-corrected chi connectivity index (χ4v) is 3.65. The maximum Gasteiger partial charge on any atom is 0.418 e. The summed E-state index contributed by atoms with van der Waals surface area (Å²) in [6.07, 6.45) is -4.62. The van der Waals surface area contributed by atoms with E-state index in [1.165, 1.54) is 32.2 Å². The van der Waals surface area contributed by atoms with Crippen LogP contribution in [0.5, 0.6) is 11.5 Å². The second-order valence-electron chi connectivity index (χ2n) is 6.93. The Labute approximate surface area is 180 Å². The van der Waals surface area contributed by atoms with Crippen LogP contribution in [-0.4, -0.2) is 55.4 Å². The largest absolute Gasteiger partial charge is 0.490 e. The molecule has 0 radical (unpaired) electrons. The minimum absolute atomic E-state index is 0.00946. The lowest BCUT2D eigenvalue weighted by Gasteiger charge is -2.29. The van der Waals surface area contributed by atoms with E-state index in [2.05, 4.69) is 15.6 Å². The summed E-state index contributed by atoms with van der Waals surface area (Å²) in [4.78, 5) is 14.5. The fraction of sp³-hybridized carbons (Fsp3) is 0.500. The van der Waals surface area contributed by atoms with Crippen LogP contribution in [0, 0.1) is 16.0 Å². The summed E-state index contributed by atoms with van der Waals surface area (Å²) in [7, 11) is 1.30. The molecule has 31 heavy (non-hydrogen) atoms. The molecule has 13 heteroatoms. The van der Waals surface area contributed by atoms with Crippen LogP contribution in [0.4, 0.5) is 18.9 Å². The van der Waals surface area contributed by atoms with Crippen molar-refractivity contribution < 1.29 is 32.3 Å². The van der Waals surface area contributed by atoms with Crippen molar-refractivity contribution in [1.82, 2.24) is 10.6 Å². The van der Waals surface area contributed by atoms with Gasteiger partial charge in [-0.1, -0.05) is 6.07 Å². The summed E-state index contributed by atoms with van der Waals surface area (Å²) in [5.41, 5.74) is -1.21.